The second-order valence-electron chi connectivity index (χ2n) is 5.53. The fourth-order valence-corrected chi connectivity index (χ4v) is 3.25. The van der Waals surface area contributed by atoms with Crippen molar-refractivity contribution in [1.82, 2.24) is 4.90 Å². The van der Waals surface area contributed by atoms with Crippen molar-refractivity contribution < 1.29 is 9.53 Å². The van der Waals surface area contributed by atoms with Crippen LogP contribution in [-0.2, 0) is 4.79 Å². The summed E-state index contributed by atoms with van der Waals surface area (Å²) in [7, 11) is 0. The third kappa shape index (κ3) is 4.13. The van der Waals surface area contributed by atoms with Crippen LogP contribution in [0.5, 0.6) is 5.75 Å². The molecule has 1 heterocycles. The number of amides is 1. The Bertz CT molecular complexity index is 525. The number of nitrogens with zero attached hydrogens (tertiary/aromatic N) is 1. The summed E-state index contributed by atoms with van der Waals surface area (Å²) in [5, 5.41) is 0.730. The van der Waals surface area contributed by atoms with E-state index in [1.54, 1.807) is 0 Å². The minimum Gasteiger partial charge on any atom is -0.483 e. The predicted molar refractivity (Wildman–Crippen MR) is 89.2 cm³/mol. The van der Waals surface area contributed by atoms with Crippen LogP contribution < -0.4 is 4.74 Å². The van der Waals surface area contributed by atoms with Gasteiger partial charge in [0.1, 0.15) is 5.75 Å². The topological polar surface area (TPSA) is 29.5 Å². The molecule has 1 aliphatic heterocycles. The highest BCUT2D eigenvalue weighted by Gasteiger charge is 2.17. The number of benzene rings is 1. The maximum atomic E-state index is 12.2. The molecule has 0 unspecified atom stereocenters. The molecule has 116 valence electrons. The number of rotatable bonds is 3. The lowest BCUT2D eigenvalue weighted by molar-refractivity contribution is -0.133. The first kappa shape index (κ1) is 16.6. The van der Waals surface area contributed by atoms with E-state index in [1.165, 1.54) is 12.8 Å². The van der Waals surface area contributed by atoms with Gasteiger partial charge in [0.2, 0.25) is 0 Å². The minimum atomic E-state index is 0.0639. The zero-order valence-electron chi connectivity index (χ0n) is 12.5. The lowest BCUT2D eigenvalue weighted by atomic mass is 10.1. The van der Waals surface area contributed by atoms with Gasteiger partial charge in [-0.3, -0.25) is 4.79 Å². The van der Waals surface area contributed by atoms with Gasteiger partial charge in [0, 0.05) is 18.1 Å². The summed E-state index contributed by atoms with van der Waals surface area (Å²) in [6.45, 7) is 5.65. The van der Waals surface area contributed by atoms with E-state index in [-0.39, 0.29) is 12.5 Å². The highest BCUT2D eigenvalue weighted by Crippen LogP contribution is 2.35. The monoisotopic (exact) mass is 373 g/mol. The van der Waals surface area contributed by atoms with Gasteiger partial charge >= 0.3 is 0 Å². The van der Waals surface area contributed by atoms with Gasteiger partial charge in [0.15, 0.2) is 6.61 Å². The first-order valence-electron chi connectivity index (χ1n) is 7.36. The molecule has 5 heteroatoms. The van der Waals surface area contributed by atoms with E-state index in [9.17, 15) is 4.79 Å². The molecule has 0 aromatic heterocycles. The molecule has 0 bridgehead atoms. The van der Waals surface area contributed by atoms with E-state index in [1.807, 2.05) is 24.8 Å². The van der Waals surface area contributed by atoms with Gasteiger partial charge in [-0.05, 0) is 59.8 Å². The van der Waals surface area contributed by atoms with Gasteiger partial charge < -0.3 is 9.64 Å². The average Bonchev–Trinajstić information content (AvgIpc) is 2.76. The van der Waals surface area contributed by atoms with Gasteiger partial charge in [-0.1, -0.05) is 24.4 Å². The quantitative estimate of drug-likeness (QED) is 0.779. The van der Waals surface area contributed by atoms with Crippen molar-refractivity contribution in [3.63, 3.8) is 0 Å². The Morgan fingerprint density at radius 2 is 1.90 bits per heavy atom. The number of carbonyl (C=O) groups is 1. The average molecular weight is 375 g/mol. The van der Waals surface area contributed by atoms with Crippen LogP contribution in [0, 0.1) is 13.8 Å². The molecule has 0 atom stereocenters. The Kier molecular flexibility index (Phi) is 5.94. The van der Waals surface area contributed by atoms with Crippen LogP contribution >= 0.6 is 27.5 Å². The van der Waals surface area contributed by atoms with Crippen LogP contribution in [0.3, 0.4) is 0 Å². The van der Waals surface area contributed by atoms with E-state index in [2.05, 4.69) is 15.9 Å². The molecule has 0 saturated carbocycles. The van der Waals surface area contributed by atoms with Gasteiger partial charge in [-0.25, -0.2) is 0 Å². The summed E-state index contributed by atoms with van der Waals surface area (Å²) >= 11 is 9.69. The van der Waals surface area contributed by atoms with E-state index < -0.39 is 0 Å². The Morgan fingerprint density at radius 3 is 2.52 bits per heavy atom. The summed E-state index contributed by atoms with van der Waals surface area (Å²) in [5.74, 6) is 0.742. The fourth-order valence-electron chi connectivity index (χ4n) is 2.56. The molecule has 1 aliphatic rings. The van der Waals surface area contributed by atoms with Gasteiger partial charge in [0.25, 0.3) is 5.91 Å². The predicted octanol–water partition coefficient (Wildman–Crippen LogP) is 4.50. The zero-order chi connectivity index (χ0) is 15.4. The number of carbonyl (C=O) groups excluding carboxylic acids is 1. The lowest BCUT2D eigenvalue weighted by Gasteiger charge is -2.21. The molecule has 1 aromatic carbocycles. The van der Waals surface area contributed by atoms with Crippen molar-refractivity contribution in [2.24, 2.45) is 0 Å². The molecular formula is C16H21BrClNO2. The van der Waals surface area contributed by atoms with E-state index in [0.717, 1.165) is 46.6 Å². The van der Waals surface area contributed by atoms with Crippen LogP contribution in [0.2, 0.25) is 5.02 Å². The third-order valence-electron chi connectivity index (χ3n) is 3.88. The standard InChI is InChI=1S/C16H21BrClNO2/c1-11-9-13(15(17)12(2)16(11)18)21-10-14(20)19-7-5-3-4-6-8-19/h9H,3-8,10H2,1-2H3. The number of ether oxygens (including phenoxy) is 1. The van der Waals surface area contributed by atoms with Crippen LogP contribution in [0.15, 0.2) is 10.5 Å². The van der Waals surface area contributed by atoms with Crippen LogP contribution in [0.4, 0.5) is 0 Å². The van der Waals surface area contributed by atoms with Crippen LogP contribution in [-0.4, -0.2) is 30.5 Å². The number of likely N-dealkylation sites (tertiary alicyclic amines) is 1. The summed E-state index contributed by atoms with van der Waals surface area (Å²) in [5.41, 5.74) is 1.89. The van der Waals surface area contributed by atoms with Crippen molar-refractivity contribution in [3.05, 3.63) is 26.7 Å². The molecule has 1 aromatic rings. The van der Waals surface area contributed by atoms with Crippen LogP contribution in [0.25, 0.3) is 0 Å². The van der Waals surface area contributed by atoms with Crippen LogP contribution in [0.1, 0.15) is 36.8 Å². The van der Waals surface area contributed by atoms with E-state index in [4.69, 9.17) is 16.3 Å². The molecule has 3 nitrogen and oxygen atoms in total. The van der Waals surface area contributed by atoms with Crippen molar-refractivity contribution in [2.45, 2.75) is 39.5 Å². The van der Waals surface area contributed by atoms with Gasteiger partial charge in [-0.2, -0.15) is 0 Å². The fraction of sp³-hybridized carbons (Fsp3) is 0.562. The smallest absolute Gasteiger partial charge is 0.260 e. The van der Waals surface area contributed by atoms with Gasteiger partial charge in [-0.15, -0.1) is 0 Å². The highest BCUT2D eigenvalue weighted by molar-refractivity contribution is 9.10. The molecule has 1 fully saturated rings. The molecule has 0 N–H and O–H groups in total. The molecule has 21 heavy (non-hydrogen) atoms. The summed E-state index contributed by atoms with van der Waals surface area (Å²) in [6, 6.07) is 1.87. The normalized spacial score (nSPS) is 15.7. The van der Waals surface area contributed by atoms with Crippen molar-refractivity contribution in [3.8, 4) is 5.75 Å². The summed E-state index contributed by atoms with van der Waals surface area (Å²) in [6.07, 6.45) is 4.61. The summed E-state index contributed by atoms with van der Waals surface area (Å²) < 4.78 is 6.53. The maximum absolute atomic E-state index is 12.2. The van der Waals surface area contributed by atoms with E-state index in [0.29, 0.717) is 5.75 Å². The molecule has 1 amide bonds. The Hall–Kier alpha value is -0.740. The summed E-state index contributed by atoms with van der Waals surface area (Å²) in [4.78, 5) is 14.1. The molecule has 0 radical (unpaired) electrons. The third-order valence-corrected chi connectivity index (χ3v) is 5.45. The number of aryl methyl sites for hydroxylation is 1. The zero-order valence-corrected chi connectivity index (χ0v) is 14.9. The SMILES string of the molecule is Cc1cc(OCC(=O)N2CCCCCC2)c(Br)c(C)c1Cl. The Labute approximate surface area is 139 Å². The lowest BCUT2D eigenvalue weighted by Crippen LogP contribution is -2.35. The molecule has 0 aliphatic carbocycles. The first-order valence-corrected chi connectivity index (χ1v) is 8.53. The van der Waals surface area contributed by atoms with Gasteiger partial charge in [0.05, 0.1) is 4.47 Å². The van der Waals surface area contributed by atoms with Crippen molar-refractivity contribution >= 4 is 33.4 Å². The largest absolute Gasteiger partial charge is 0.483 e. The number of hydrogen-bond acceptors (Lipinski definition) is 2. The Morgan fingerprint density at radius 1 is 1.29 bits per heavy atom. The second kappa shape index (κ2) is 7.50. The molecule has 1 saturated heterocycles. The maximum Gasteiger partial charge on any atom is 0.260 e. The second-order valence-corrected chi connectivity index (χ2v) is 6.70. The van der Waals surface area contributed by atoms with Crippen molar-refractivity contribution in [1.29, 1.82) is 0 Å². The molecule has 2 rings (SSSR count). The molecule has 0 spiro atoms. The number of halogens is 2. The van der Waals surface area contributed by atoms with Crippen molar-refractivity contribution in [2.75, 3.05) is 19.7 Å². The van der Waals surface area contributed by atoms with E-state index >= 15 is 0 Å². The molecular weight excluding hydrogens is 354 g/mol. The number of hydrogen-bond donors (Lipinski definition) is 0. The minimum absolute atomic E-state index is 0.0639. The first-order chi connectivity index (χ1) is 10.0. The Balaban J connectivity index is 2.01. The highest BCUT2D eigenvalue weighted by atomic mass is 79.9.